The van der Waals surface area contributed by atoms with E-state index in [1.54, 1.807) is 13.0 Å². The van der Waals surface area contributed by atoms with Gasteiger partial charge in [-0.2, -0.15) is 8.42 Å². The summed E-state index contributed by atoms with van der Waals surface area (Å²) in [4.78, 5) is 72.9. The lowest BCUT2D eigenvalue weighted by molar-refractivity contribution is -0.271. The van der Waals surface area contributed by atoms with Gasteiger partial charge in [0.25, 0.3) is 21.9 Å². The maximum absolute atomic E-state index is 12.8. The number of imide groups is 1. The molecule has 0 unspecified atom stereocenters. The molecule has 2 aliphatic heterocycles. The summed E-state index contributed by atoms with van der Waals surface area (Å²) in [5.41, 5.74) is 1.18. The Morgan fingerprint density at radius 1 is 0.943 bits per heavy atom. The van der Waals surface area contributed by atoms with Crippen LogP contribution < -0.4 is 15.4 Å². The van der Waals surface area contributed by atoms with Crippen molar-refractivity contribution in [3.05, 3.63) is 41.5 Å². The third-order valence-corrected chi connectivity index (χ3v) is 9.06. The number of carbonyl (C=O) groups is 6. The Hall–Kier alpha value is -4.47. The summed E-state index contributed by atoms with van der Waals surface area (Å²) in [5, 5.41) is 44.5. The largest absolute Gasteiger partial charge is 0.479 e. The van der Waals surface area contributed by atoms with Gasteiger partial charge in [-0.25, -0.2) is 4.79 Å². The molecule has 3 rings (SSSR count). The highest BCUT2D eigenvalue weighted by Gasteiger charge is 2.48. The number of nitrogens with one attached hydrogen (secondary N) is 2. The lowest BCUT2D eigenvalue weighted by atomic mass is 9.99. The Labute approximate surface area is 305 Å². The minimum Gasteiger partial charge on any atom is -0.479 e. The first-order valence-corrected chi connectivity index (χ1v) is 18.5. The minimum absolute atomic E-state index is 0.0364. The Balaban J connectivity index is 1.54. The molecular formula is C33H45N3O16S. The van der Waals surface area contributed by atoms with E-state index in [0.717, 1.165) is 4.90 Å². The number of unbranched alkanes of at least 4 members (excludes halogenated alkanes) is 3. The van der Waals surface area contributed by atoms with Crippen LogP contribution in [0.15, 0.2) is 30.4 Å². The fraction of sp³-hybridized carbons (Fsp3) is 0.576. The number of hydrogen-bond donors (Lipinski definition) is 7. The van der Waals surface area contributed by atoms with Crippen LogP contribution in [0.5, 0.6) is 5.75 Å². The van der Waals surface area contributed by atoms with Crippen LogP contribution in [0, 0.1) is 0 Å². The average Bonchev–Trinajstić information content (AvgIpc) is 3.42. The van der Waals surface area contributed by atoms with Crippen molar-refractivity contribution in [3.63, 3.8) is 0 Å². The van der Waals surface area contributed by atoms with Crippen molar-refractivity contribution in [1.29, 1.82) is 0 Å². The predicted molar refractivity (Wildman–Crippen MR) is 180 cm³/mol. The van der Waals surface area contributed by atoms with Gasteiger partial charge in [-0.1, -0.05) is 19.4 Å². The molecule has 20 heteroatoms. The van der Waals surface area contributed by atoms with Gasteiger partial charge in [-0.15, -0.1) is 0 Å². The first-order chi connectivity index (χ1) is 25.0. The molecule has 0 bridgehead atoms. The van der Waals surface area contributed by atoms with Crippen molar-refractivity contribution < 1.29 is 76.4 Å². The number of nitrogens with zero attached hydrogens (tertiary/aromatic N) is 1. The van der Waals surface area contributed by atoms with Gasteiger partial charge in [0, 0.05) is 38.1 Å². The first kappa shape index (κ1) is 42.9. The number of benzene rings is 1. The highest BCUT2D eigenvalue weighted by molar-refractivity contribution is 7.85. The van der Waals surface area contributed by atoms with Crippen molar-refractivity contribution in [1.82, 2.24) is 15.5 Å². The van der Waals surface area contributed by atoms with Gasteiger partial charge < -0.3 is 45.3 Å². The number of aryl methyl sites for hydroxylation is 1. The summed E-state index contributed by atoms with van der Waals surface area (Å²) in [5.74, 6) is -5.33. The third kappa shape index (κ3) is 13.5. The molecule has 4 amide bonds. The molecule has 2 heterocycles. The molecule has 6 atom stereocenters. The lowest BCUT2D eigenvalue weighted by Gasteiger charge is -2.38. The fourth-order valence-electron chi connectivity index (χ4n) is 5.41. The zero-order valence-electron chi connectivity index (χ0n) is 28.9. The van der Waals surface area contributed by atoms with Gasteiger partial charge in [0.2, 0.25) is 18.1 Å². The molecule has 2 aliphatic rings. The molecule has 1 aromatic carbocycles. The normalized spacial score (nSPS) is 22.0. The van der Waals surface area contributed by atoms with Gasteiger partial charge >= 0.3 is 11.9 Å². The monoisotopic (exact) mass is 771 g/mol. The molecular weight excluding hydrogens is 726 g/mol. The molecule has 1 saturated heterocycles. The van der Waals surface area contributed by atoms with Crippen molar-refractivity contribution in [2.75, 3.05) is 18.8 Å². The molecule has 0 radical (unpaired) electrons. The highest BCUT2D eigenvalue weighted by atomic mass is 32.2. The maximum atomic E-state index is 12.8. The van der Waals surface area contributed by atoms with Crippen molar-refractivity contribution in [2.24, 2.45) is 0 Å². The third-order valence-electron chi connectivity index (χ3n) is 8.31. The number of aliphatic hydroxyl groups excluding tert-OH is 3. The van der Waals surface area contributed by atoms with E-state index >= 15 is 0 Å². The maximum Gasteiger partial charge on any atom is 0.335 e. The van der Waals surface area contributed by atoms with E-state index in [1.165, 1.54) is 24.3 Å². The average molecular weight is 772 g/mol. The second kappa shape index (κ2) is 20.1. The van der Waals surface area contributed by atoms with E-state index in [-0.39, 0.29) is 38.3 Å². The number of rotatable bonds is 21. The number of aliphatic hydroxyl groups is 3. The summed E-state index contributed by atoms with van der Waals surface area (Å²) >= 11 is 0. The van der Waals surface area contributed by atoms with Crippen LogP contribution in [0.1, 0.15) is 63.0 Å². The van der Waals surface area contributed by atoms with E-state index in [9.17, 15) is 62.2 Å². The Kier molecular flexibility index (Phi) is 16.3. The number of carboxylic acids is 1. The van der Waals surface area contributed by atoms with Crippen LogP contribution in [-0.2, 0) is 61.4 Å². The molecule has 0 saturated carbocycles. The minimum atomic E-state index is -4.66. The molecule has 0 aromatic heterocycles. The topological polar surface area (TPSA) is 293 Å². The number of ether oxygens (including phenoxy) is 3. The van der Waals surface area contributed by atoms with Crippen molar-refractivity contribution >= 4 is 45.7 Å². The number of carbonyl (C=O) groups excluding carboxylic acids is 5. The Morgan fingerprint density at radius 3 is 2.28 bits per heavy atom. The highest BCUT2D eigenvalue weighted by Crippen LogP contribution is 2.27. The molecule has 7 N–H and O–H groups in total. The van der Waals surface area contributed by atoms with Crippen LogP contribution in [-0.4, -0.2) is 129 Å². The zero-order chi connectivity index (χ0) is 39.3. The van der Waals surface area contributed by atoms with Gasteiger partial charge in [0.05, 0.1) is 0 Å². The Morgan fingerprint density at radius 2 is 1.64 bits per heavy atom. The molecule has 1 aromatic rings. The number of amides is 4. The second-order valence-electron chi connectivity index (χ2n) is 12.4. The summed E-state index contributed by atoms with van der Waals surface area (Å²) in [7, 11) is -4.66. The van der Waals surface area contributed by atoms with Gasteiger partial charge in [0.1, 0.15) is 42.5 Å². The van der Waals surface area contributed by atoms with Crippen molar-refractivity contribution in [3.8, 4) is 5.75 Å². The standard InChI is InChI=1S/C33H45N3O16S/c1-2-26(40)50-17-20-10-11-21(51-33-29(43)27(41)28(42)30(52-33)32(45)46)16-19(20)8-5-6-14-34-31(44)22(18-53(47,48)49)35-23(37)9-4-3-7-15-36-24(38)12-13-25(36)39/h10-13,16,22,27-30,33,41-43H,2-9,14-15,17-18H2,1H3,(H,34,44)(H,35,37)(H,45,46)(H,47,48,49)/t22-,27-,28-,29+,30-,33+/m0/s1. The van der Waals surface area contributed by atoms with Gasteiger partial charge in [-0.3, -0.25) is 33.4 Å². The predicted octanol–water partition coefficient (Wildman–Crippen LogP) is -1.29. The van der Waals surface area contributed by atoms with Gasteiger partial charge in [-0.05, 0) is 55.4 Å². The van der Waals surface area contributed by atoms with E-state index in [1.807, 2.05) is 0 Å². The quantitative estimate of drug-likeness (QED) is 0.0331. The van der Waals surface area contributed by atoms with Gasteiger partial charge in [0.15, 0.2) is 6.10 Å². The smallest absolute Gasteiger partial charge is 0.335 e. The number of hydrogen-bond acceptors (Lipinski definition) is 14. The van der Waals surface area contributed by atoms with Crippen LogP contribution >= 0.6 is 0 Å². The first-order valence-electron chi connectivity index (χ1n) is 16.9. The van der Waals surface area contributed by atoms with Crippen molar-refractivity contribution in [2.45, 2.75) is 102 Å². The SMILES string of the molecule is CCC(=O)OCc1ccc(O[C@@H]2O[C@H](C(=O)O)[C@@H](O)[C@H](O)[C@H]2O)cc1CCCCNC(=O)[C@H](CS(=O)(=O)O)NC(=O)CCCCCN1C(=O)C=CC1=O. The molecule has 294 valence electrons. The molecule has 0 aliphatic carbocycles. The number of aliphatic carboxylic acids is 1. The number of carboxylic acid groups (broad SMARTS) is 1. The van der Waals surface area contributed by atoms with E-state index in [0.29, 0.717) is 49.7 Å². The molecule has 1 fully saturated rings. The summed E-state index contributed by atoms with van der Waals surface area (Å²) in [6.45, 7) is 1.74. The summed E-state index contributed by atoms with van der Waals surface area (Å²) < 4.78 is 48.6. The second-order valence-corrected chi connectivity index (χ2v) is 13.9. The molecule has 0 spiro atoms. The van der Waals surface area contributed by atoms with E-state index < -0.39 is 88.2 Å². The summed E-state index contributed by atoms with van der Waals surface area (Å²) in [6.07, 6.45) is -4.43. The molecule has 19 nitrogen and oxygen atoms in total. The lowest BCUT2D eigenvalue weighted by Crippen LogP contribution is -2.61. The fourth-order valence-corrected chi connectivity index (χ4v) is 6.07. The Bertz CT molecular complexity index is 1620. The summed E-state index contributed by atoms with van der Waals surface area (Å²) in [6, 6.07) is 2.95. The van der Waals surface area contributed by atoms with Crippen LogP contribution in [0.25, 0.3) is 0 Å². The van der Waals surface area contributed by atoms with E-state index in [4.69, 9.17) is 14.2 Å². The molecule has 53 heavy (non-hydrogen) atoms. The van der Waals surface area contributed by atoms with Crippen LogP contribution in [0.2, 0.25) is 0 Å². The zero-order valence-corrected chi connectivity index (χ0v) is 29.7. The number of esters is 1. The van der Waals surface area contributed by atoms with E-state index in [2.05, 4.69) is 10.6 Å². The van der Waals surface area contributed by atoms with Crippen LogP contribution in [0.4, 0.5) is 0 Å². The van der Waals surface area contributed by atoms with Crippen LogP contribution in [0.3, 0.4) is 0 Å².